The van der Waals surface area contributed by atoms with E-state index >= 15 is 0 Å². The highest BCUT2D eigenvalue weighted by atomic mass is 32.2. The Morgan fingerprint density at radius 2 is 1.88 bits per heavy atom. The normalized spacial score (nSPS) is 25.0. The van der Waals surface area contributed by atoms with Crippen LogP contribution < -0.4 is 5.32 Å². The number of nitrogens with zero attached hydrogens (tertiary/aromatic N) is 1. The molecule has 2 atom stereocenters. The average Bonchev–Trinajstić information content (AvgIpc) is 2.54. The van der Waals surface area contributed by atoms with Gasteiger partial charge in [0.15, 0.2) is 9.84 Å². The number of hydrogen-bond acceptors (Lipinski definition) is 4. The number of hydrogen-bond donors (Lipinski definition) is 1. The second-order valence-corrected chi connectivity index (χ2v) is 9.13. The van der Waals surface area contributed by atoms with Gasteiger partial charge in [-0.1, -0.05) is 31.4 Å². The van der Waals surface area contributed by atoms with Crippen molar-refractivity contribution in [1.29, 1.82) is 0 Å². The zero-order valence-corrected chi connectivity index (χ0v) is 15.0. The van der Waals surface area contributed by atoms with E-state index < -0.39 is 9.84 Å². The topological polar surface area (TPSA) is 66.5 Å². The van der Waals surface area contributed by atoms with Crippen molar-refractivity contribution < 1.29 is 13.2 Å². The van der Waals surface area contributed by atoms with Crippen LogP contribution in [0.5, 0.6) is 0 Å². The summed E-state index contributed by atoms with van der Waals surface area (Å²) in [4.78, 5) is 14.8. The number of para-hydroxylation sites is 1. The largest absolute Gasteiger partial charge is 0.324 e. The fourth-order valence-corrected chi connectivity index (χ4v) is 4.95. The number of carbonyl (C=O) groups is 1. The predicted octanol–water partition coefficient (Wildman–Crippen LogP) is 2.54. The maximum atomic E-state index is 12.4. The van der Waals surface area contributed by atoms with Crippen molar-refractivity contribution in [2.24, 2.45) is 11.8 Å². The van der Waals surface area contributed by atoms with Gasteiger partial charge in [-0.25, -0.2) is 8.42 Å². The van der Waals surface area contributed by atoms with Crippen LogP contribution in [0.1, 0.15) is 32.1 Å². The van der Waals surface area contributed by atoms with Crippen LogP contribution in [0.2, 0.25) is 0 Å². The zero-order chi connectivity index (χ0) is 17.2. The van der Waals surface area contributed by atoms with Gasteiger partial charge in [0.25, 0.3) is 0 Å². The minimum atomic E-state index is -3.36. The summed E-state index contributed by atoms with van der Waals surface area (Å²) in [7, 11) is -3.36. The number of sulfone groups is 1. The van der Waals surface area contributed by atoms with Crippen molar-refractivity contribution in [3.8, 4) is 0 Å². The van der Waals surface area contributed by atoms with E-state index in [2.05, 4.69) is 10.2 Å². The zero-order valence-electron chi connectivity index (χ0n) is 14.2. The van der Waals surface area contributed by atoms with Crippen LogP contribution in [0.3, 0.4) is 0 Å². The average molecular weight is 350 g/mol. The second kappa shape index (κ2) is 7.23. The van der Waals surface area contributed by atoms with E-state index in [1.54, 1.807) is 18.2 Å². The SMILES string of the molecule is CS(=O)(=O)c1ccccc1NC(=O)CN1CC[C@H]2CCCC[C@@H]2C1. The van der Waals surface area contributed by atoms with Crippen LogP contribution in [0, 0.1) is 11.8 Å². The summed E-state index contributed by atoms with van der Waals surface area (Å²) in [6.07, 6.45) is 7.61. The molecule has 3 rings (SSSR count). The highest BCUT2D eigenvalue weighted by Crippen LogP contribution is 2.35. The second-order valence-electron chi connectivity index (χ2n) is 7.14. The first kappa shape index (κ1) is 17.4. The lowest BCUT2D eigenvalue weighted by atomic mass is 9.75. The third-order valence-corrected chi connectivity index (χ3v) is 6.46. The molecule has 1 aliphatic carbocycles. The van der Waals surface area contributed by atoms with Gasteiger partial charge in [-0.05, 0) is 43.4 Å². The van der Waals surface area contributed by atoms with Crippen molar-refractivity contribution in [1.82, 2.24) is 4.90 Å². The summed E-state index contributed by atoms with van der Waals surface area (Å²) >= 11 is 0. The van der Waals surface area contributed by atoms with Crippen molar-refractivity contribution in [2.45, 2.75) is 37.0 Å². The monoisotopic (exact) mass is 350 g/mol. The van der Waals surface area contributed by atoms with Crippen LogP contribution >= 0.6 is 0 Å². The molecule has 1 saturated carbocycles. The van der Waals surface area contributed by atoms with Gasteiger partial charge in [-0.15, -0.1) is 0 Å². The molecule has 0 radical (unpaired) electrons. The van der Waals surface area contributed by atoms with Crippen molar-refractivity contribution in [3.63, 3.8) is 0 Å². The van der Waals surface area contributed by atoms with E-state index in [1.807, 2.05) is 0 Å². The Morgan fingerprint density at radius 3 is 2.62 bits per heavy atom. The van der Waals surface area contributed by atoms with E-state index in [1.165, 1.54) is 38.2 Å². The minimum Gasteiger partial charge on any atom is -0.324 e. The summed E-state index contributed by atoms with van der Waals surface area (Å²) in [5, 5.41) is 2.78. The number of nitrogens with one attached hydrogen (secondary N) is 1. The fraction of sp³-hybridized carbons (Fsp3) is 0.611. The Kier molecular flexibility index (Phi) is 5.25. The quantitative estimate of drug-likeness (QED) is 0.906. The molecule has 0 bridgehead atoms. The maximum absolute atomic E-state index is 12.4. The third-order valence-electron chi connectivity index (χ3n) is 5.30. The van der Waals surface area contributed by atoms with Crippen LogP contribution in [0.4, 0.5) is 5.69 Å². The van der Waals surface area contributed by atoms with Crippen molar-refractivity contribution in [3.05, 3.63) is 24.3 Å². The molecule has 0 unspecified atom stereocenters. The maximum Gasteiger partial charge on any atom is 0.238 e. The van der Waals surface area contributed by atoms with Gasteiger partial charge < -0.3 is 5.32 Å². The van der Waals surface area contributed by atoms with E-state index in [9.17, 15) is 13.2 Å². The first-order valence-electron chi connectivity index (χ1n) is 8.75. The number of fused-ring (bicyclic) bond motifs is 1. The molecule has 1 heterocycles. The van der Waals surface area contributed by atoms with Gasteiger partial charge in [0.2, 0.25) is 5.91 Å². The molecule has 0 spiro atoms. The van der Waals surface area contributed by atoms with E-state index in [0.29, 0.717) is 12.2 Å². The molecule has 1 aromatic carbocycles. The Labute approximate surface area is 144 Å². The van der Waals surface area contributed by atoms with Gasteiger partial charge in [0.05, 0.1) is 17.1 Å². The lowest BCUT2D eigenvalue weighted by molar-refractivity contribution is -0.118. The van der Waals surface area contributed by atoms with E-state index in [4.69, 9.17) is 0 Å². The van der Waals surface area contributed by atoms with Gasteiger partial charge in [-0.2, -0.15) is 0 Å². The first-order chi connectivity index (χ1) is 11.4. The molecule has 1 amide bonds. The number of likely N-dealkylation sites (tertiary alicyclic amines) is 1. The molecule has 5 nitrogen and oxygen atoms in total. The molecular weight excluding hydrogens is 324 g/mol. The smallest absolute Gasteiger partial charge is 0.238 e. The van der Waals surface area contributed by atoms with Gasteiger partial charge in [0, 0.05) is 12.8 Å². The van der Waals surface area contributed by atoms with E-state index in [0.717, 1.165) is 31.2 Å². The Balaban J connectivity index is 1.60. The number of carbonyl (C=O) groups excluding carboxylic acids is 1. The lowest BCUT2D eigenvalue weighted by Crippen LogP contribution is -2.44. The minimum absolute atomic E-state index is 0.139. The number of piperidine rings is 1. The fourth-order valence-electron chi connectivity index (χ4n) is 4.11. The van der Waals surface area contributed by atoms with Gasteiger partial charge >= 0.3 is 0 Å². The molecule has 132 valence electrons. The number of benzene rings is 1. The molecule has 0 aromatic heterocycles. The third kappa shape index (κ3) is 4.16. The van der Waals surface area contributed by atoms with Crippen molar-refractivity contribution >= 4 is 21.4 Å². The summed E-state index contributed by atoms with van der Waals surface area (Å²) in [5.74, 6) is 1.42. The Morgan fingerprint density at radius 1 is 1.17 bits per heavy atom. The summed E-state index contributed by atoms with van der Waals surface area (Å²) < 4.78 is 23.6. The molecule has 1 saturated heterocycles. The van der Waals surface area contributed by atoms with Crippen LogP contribution in [-0.2, 0) is 14.6 Å². The van der Waals surface area contributed by atoms with Crippen LogP contribution in [0.15, 0.2) is 29.2 Å². The number of rotatable bonds is 4. The summed E-state index contributed by atoms with van der Waals surface area (Å²) in [6, 6.07) is 6.57. The Bertz CT molecular complexity index is 702. The van der Waals surface area contributed by atoms with Gasteiger partial charge in [-0.3, -0.25) is 9.69 Å². The number of anilines is 1. The Hall–Kier alpha value is -1.40. The van der Waals surface area contributed by atoms with Crippen molar-refractivity contribution in [2.75, 3.05) is 31.2 Å². The predicted molar refractivity (Wildman–Crippen MR) is 94.7 cm³/mol. The molecule has 6 heteroatoms. The summed E-state index contributed by atoms with van der Waals surface area (Å²) in [5.41, 5.74) is 0.373. The molecule has 1 aromatic rings. The molecule has 2 aliphatic rings. The van der Waals surface area contributed by atoms with E-state index in [-0.39, 0.29) is 10.8 Å². The van der Waals surface area contributed by atoms with Crippen LogP contribution in [-0.4, -0.2) is 45.1 Å². The van der Waals surface area contributed by atoms with Crippen LogP contribution in [0.25, 0.3) is 0 Å². The standard InChI is InChI=1S/C18H26N2O3S/c1-24(22,23)17-9-5-4-8-16(17)19-18(21)13-20-11-10-14-6-2-3-7-15(14)12-20/h4-5,8-9,14-15H,2-3,6-7,10-13H2,1H3,(H,19,21)/t14-,15-/m1/s1. The summed E-state index contributed by atoms with van der Waals surface area (Å²) in [6.45, 7) is 2.29. The van der Waals surface area contributed by atoms with Gasteiger partial charge in [0.1, 0.15) is 0 Å². The lowest BCUT2D eigenvalue weighted by Gasteiger charge is -2.41. The molecule has 2 fully saturated rings. The number of amides is 1. The molecule has 24 heavy (non-hydrogen) atoms. The molecular formula is C18H26N2O3S. The first-order valence-corrected chi connectivity index (χ1v) is 10.6. The highest BCUT2D eigenvalue weighted by Gasteiger charge is 2.31. The molecule has 1 N–H and O–H groups in total. The highest BCUT2D eigenvalue weighted by molar-refractivity contribution is 7.90. The molecule has 1 aliphatic heterocycles.